The fraction of sp³-hybridized carbons (Fsp3) is 0.700. The molecule has 0 bridgehead atoms. The first-order valence-electron chi connectivity index (χ1n) is 5.25. The van der Waals surface area contributed by atoms with Crippen molar-refractivity contribution in [1.82, 2.24) is 5.32 Å². The molecule has 0 unspecified atom stereocenters. The van der Waals surface area contributed by atoms with E-state index in [1.165, 1.54) is 0 Å². The van der Waals surface area contributed by atoms with Gasteiger partial charge in [-0.3, -0.25) is 14.9 Å². The molecule has 0 radical (unpaired) electrons. The molecule has 6 heteroatoms. The van der Waals surface area contributed by atoms with Gasteiger partial charge in [-0.2, -0.15) is 0 Å². The SMILES string of the molecule is NC(=O)NC(=O)CC1(CC(=O)O)CCCC1. The van der Waals surface area contributed by atoms with Gasteiger partial charge in [0.1, 0.15) is 0 Å². The van der Waals surface area contributed by atoms with Crippen LogP contribution < -0.4 is 11.1 Å². The quantitative estimate of drug-likeness (QED) is 0.654. The van der Waals surface area contributed by atoms with Crippen LogP contribution in [0, 0.1) is 5.41 Å². The molecule has 90 valence electrons. The highest BCUT2D eigenvalue weighted by molar-refractivity contribution is 5.93. The maximum atomic E-state index is 11.4. The Hall–Kier alpha value is -1.59. The van der Waals surface area contributed by atoms with E-state index in [9.17, 15) is 14.4 Å². The van der Waals surface area contributed by atoms with Gasteiger partial charge in [0.15, 0.2) is 0 Å². The maximum Gasteiger partial charge on any atom is 0.318 e. The zero-order valence-electron chi connectivity index (χ0n) is 8.99. The first-order chi connectivity index (χ1) is 7.43. The number of carboxylic acid groups (broad SMARTS) is 1. The van der Waals surface area contributed by atoms with Gasteiger partial charge in [0.25, 0.3) is 0 Å². The molecule has 0 atom stereocenters. The first kappa shape index (κ1) is 12.5. The van der Waals surface area contributed by atoms with Crippen molar-refractivity contribution < 1.29 is 19.5 Å². The lowest BCUT2D eigenvalue weighted by atomic mass is 9.79. The van der Waals surface area contributed by atoms with Crippen molar-refractivity contribution in [3.8, 4) is 0 Å². The molecular weight excluding hydrogens is 212 g/mol. The number of amides is 3. The third-order valence-electron chi connectivity index (χ3n) is 2.99. The van der Waals surface area contributed by atoms with Gasteiger partial charge in [0.05, 0.1) is 6.42 Å². The number of carbonyl (C=O) groups excluding carboxylic acids is 2. The number of nitrogens with two attached hydrogens (primary N) is 1. The van der Waals surface area contributed by atoms with E-state index in [0.717, 1.165) is 12.8 Å². The van der Waals surface area contributed by atoms with Crippen LogP contribution in [-0.2, 0) is 9.59 Å². The number of rotatable bonds is 4. The monoisotopic (exact) mass is 228 g/mol. The fourth-order valence-electron chi connectivity index (χ4n) is 2.38. The van der Waals surface area contributed by atoms with Crippen LogP contribution in [0.2, 0.25) is 0 Å². The zero-order valence-corrected chi connectivity index (χ0v) is 8.99. The highest BCUT2D eigenvalue weighted by Crippen LogP contribution is 2.43. The van der Waals surface area contributed by atoms with Crippen molar-refractivity contribution in [2.45, 2.75) is 38.5 Å². The molecule has 1 fully saturated rings. The molecule has 0 aromatic carbocycles. The van der Waals surface area contributed by atoms with Crippen LogP contribution in [-0.4, -0.2) is 23.0 Å². The molecule has 1 aliphatic carbocycles. The molecule has 0 aromatic heterocycles. The van der Waals surface area contributed by atoms with Gasteiger partial charge in [-0.25, -0.2) is 4.79 Å². The number of hydrogen-bond donors (Lipinski definition) is 3. The molecule has 0 heterocycles. The van der Waals surface area contributed by atoms with E-state index in [0.29, 0.717) is 12.8 Å². The van der Waals surface area contributed by atoms with Crippen LogP contribution in [0.5, 0.6) is 0 Å². The van der Waals surface area contributed by atoms with Crippen molar-refractivity contribution in [2.24, 2.45) is 11.1 Å². The van der Waals surface area contributed by atoms with Gasteiger partial charge >= 0.3 is 12.0 Å². The molecular formula is C10H16N2O4. The molecule has 3 amide bonds. The normalized spacial score (nSPS) is 18.0. The number of urea groups is 1. The van der Waals surface area contributed by atoms with E-state index in [4.69, 9.17) is 10.8 Å². The third-order valence-corrected chi connectivity index (χ3v) is 2.99. The summed E-state index contributed by atoms with van der Waals surface area (Å²) in [4.78, 5) is 32.6. The topological polar surface area (TPSA) is 109 Å². The lowest BCUT2D eigenvalue weighted by Crippen LogP contribution is -2.38. The van der Waals surface area contributed by atoms with Crippen LogP contribution in [0.3, 0.4) is 0 Å². The van der Waals surface area contributed by atoms with E-state index >= 15 is 0 Å². The van der Waals surface area contributed by atoms with Crippen LogP contribution in [0.4, 0.5) is 4.79 Å². The second-order valence-corrected chi connectivity index (χ2v) is 4.37. The van der Waals surface area contributed by atoms with Gasteiger partial charge in [0.2, 0.25) is 5.91 Å². The van der Waals surface area contributed by atoms with Gasteiger partial charge in [-0.15, -0.1) is 0 Å². The molecule has 6 nitrogen and oxygen atoms in total. The van der Waals surface area contributed by atoms with E-state index in [1.54, 1.807) is 0 Å². The Morgan fingerprint density at radius 1 is 1.19 bits per heavy atom. The number of primary amides is 1. The summed E-state index contributed by atoms with van der Waals surface area (Å²) in [6.07, 6.45) is 3.31. The number of hydrogen-bond acceptors (Lipinski definition) is 3. The summed E-state index contributed by atoms with van der Waals surface area (Å²) in [7, 11) is 0. The van der Waals surface area contributed by atoms with Gasteiger partial charge < -0.3 is 10.8 Å². The smallest absolute Gasteiger partial charge is 0.318 e. The minimum absolute atomic E-state index is 0.0286. The summed E-state index contributed by atoms with van der Waals surface area (Å²) in [6, 6.07) is -0.895. The second kappa shape index (κ2) is 4.96. The van der Waals surface area contributed by atoms with Crippen LogP contribution in [0.1, 0.15) is 38.5 Å². The standard InChI is InChI=1S/C10H16N2O4/c11-9(16)12-7(13)5-10(6-8(14)15)3-1-2-4-10/h1-6H2,(H,14,15)(H3,11,12,13,16). The summed E-state index contributed by atoms with van der Waals surface area (Å²) in [5, 5.41) is 10.8. The van der Waals surface area contributed by atoms with Crippen LogP contribution >= 0.6 is 0 Å². The highest BCUT2D eigenvalue weighted by Gasteiger charge is 2.38. The summed E-state index contributed by atoms with van der Waals surface area (Å²) < 4.78 is 0. The third kappa shape index (κ3) is 3.52. The molecule has 4 N–H and O–H groups in total. The Morgan fingerprint density at radius 3 is 2.19 bits per heavy atom. The van der Waals surface area contributed by atoms with Crippen LogP contribution in [0.25, 0.3) is 0 Å². The molecule has 0 saturated heterocycles. The lowest BCUT2D eigenvalue weighted by Gasteiger charge is -2.25. The Bertz CT molecular complexity index is 308. The Morgan fingerprint density at radius 2 is 1.75 bits per heavy atom. The van der Waals surface area contributed by atoms with Crippen molar-refractivity contribution >= 4 is 17.9 Å². The van der Waals surface area contributed by atoms with E-state index in [-0.39, 0.29) is 12.8 Å². The Labute approximate surface area is 93.2 Å². The highest BCUT2D eigenvalue weighted by atomic mass is 16.4. The number of nitrogens with one attached hydrogen (secondary N) is 1. The minimum Gasteiger partial charge on any atom is -0.481 e. The molecule has 1 aliphatic rings. The minimum atomic E-state index is -0.909. The Kier molecular flexibility index (Phi) is 3.87. The number of carbonyl (C=O) groups is 3. The first-order valence-corrected chi connectivity index (χ1v) is 5.25. The number of imide groups is 1. The average Bonchev–Trinajstić information content (AvgIpc) is 2.49. The lowest BCUT2D eigenvalue weighted by molar-refractivity contribution is -0.140. The predicted octanol–water partition coefficient (Wildman–Crippen LogP) is 0.606. The summed E-state index contributed by atoms with van der Waals surface area (Å²) in [6.45, 7) is 0. The molecule has 0 spiro atoms. The molecule has 1 rings (SSSR count). The van der Waals surface area contributed by atoms with E-state index in [1.807, 2.05) is 5.32 Å². The number of aliphatic carboxylic acids is 1. The van der Waals surface area contributed by atoms with Crippen molar-refractivity contribution in [1.29, 1.82) is 0 Å². The molecule has 16 heavy (non-hydrogen) atoms. The predicted molar refractivity (Wildman–Crippen MR) is 55.5 cm³/mol. The van der Waals surface area contributed by atoms with Crippen molar-refractivity contribution in [3.63, 3.8) is 0 Å². The van der Waals surface area contributed by atoms with Crippen LogP contribution in [0.15, 0.2) is 0 Å². The van der Waals surface area contributed by atoms with Gasteiger partial charge in [-0.1, -0.05) is 12.8 Å². The zero-order chi connectivity index (χ0) is 12.2. The largest absolute Gasteiger partial charge is 0.481 e. The average molecular weight is 228 g/mol. The van der Waals surface area contributed by atoms with E-state index < -0.39 is 23.3 Å². The summed E-state index contributed by atoms with van der Waals surface area (Å²) in [5.74, 6) is -1.40. The molecule has 0 aliphatic heterocycles. The van der Waals surface area contributed by atoms with Crippen molar-refractivity contribution in [2.75, 3.05) is 0 Å². The fourth-order valence-corrected chi connectivity index (χ4v) is 2.38. The Balaban J connectivity index is 2.60. The van der Waals surface area contributed by atoms with Crippen molar-refractivity contribution in [3.05, 3.63) is 0 Å². The van der Waals surface area contributed by atoms with Gasteiger partial charge in [0, 0.05) is 6.42 Å². The van der Waals surface area contributed by atoms with E-state index in [2.05, 4.69) is 0 Å². The summed E-state index contributed by atoms with van der Waals surface area (Å²) in [5.41, 5.74) is 4.33. The van der Waals surface area contributed by atoms with Gasteiger partial charge in [-0.05, 0) is 18.3 Å². The molecule has 0 aromatic rings. The molecule has 1 saturated carbocycles. The summed E-state index contributed by atoms with van der Waals surface area (Å²) >= 11 is 0. The second-order valence-electron chi connectivity index (χ2n) is 4.37. The maximum absolute atomic E-state index is 11.4. The number of carboxylic acids is 1.